The molecule has 0 bridgehead atoms. The van der Waals surface area contributed by atoms with E-state index < -0.39 is 18.0 Å². The average Bonchev–Trinajstić information content (AvgIpc) is 2.31. The van der Waals surface area contributed by atoms with Gasteiger partial charge in [-0.2, -0.15) is 0 Å². The van der Waals surface area contributed by atoms with Crippen molar-refractivity contribution >= 4 is 19.1 Å². The van der Waals surface area contributed by atoms with Crippen LogP contribution in [0.3, 0.4) is 0 Å². The summed E-state index contributed by atoms with van der Waals surface area (Å²) >= 11 is 0. The number of nitrogens with one attached hydrogen (secondary N) is 1. The molecule has 0 aromatic carbocycles. The number of hydrogen-bond donors (Lipinski definition) is 2. The summed E-state index contributed by atoms with van der Waals surface area (Å²) in [6.07, 6.45) is -0.0922. The van der Waals surface area contributed by atoms with Gasteiger partial charge in [0.1, 0.15) is 0 Å². The Morgan fingerprint density at radius 1 is 1.38 bits per heavy atom. The van der Waals surface area contributed by atoms with E-state index in [1.54, 1.807) is 0 Å². The number of carbonyl (C=O) groups is 2. The van der Waals surface area contributed by atoms with Crippen molar-refractivity contribution in [1.82, 2.24) is 5.32 Å². The molecule has 2 unspecified atom stereocenters. The average molecular weight is 228 g/mol. The van der Waals surface area contributed by atoms with Gasteiger partial charge in [0.15, 0.2) is 0 Å². The molecule has 1 saturated heterocycles. The van der Waals surface area contributed by atoms with Crippen LogP contribution in [0, 0.1) is 0 Å². The van der Waals surface area contributed by atoms with Gasteiger partial charge in [0, 0.05) is 0 Å². The van der Waals surface area contributed by atoms with E-state index in [1.165, 1.54) is 0 Å². The Morgan fingerprint density at radius 3 is 2.75 bits per heavy atom. The number of carbonyl (C=O) groups excluding carboxylic acids is 2. The predicted molar refractivity (Wildman–Crippen MR) is 52.7 cm³/mol. The summed E-state index contributed by atoms with van der Waals surface area (Å²) in [5.74, 6) is -1.19. The standard InChI is InChI=1S/C8H13BN2O5/c10-6-1-7(12)15-2-5(11-4-9-14)3-16-8(6)13/h5-6,11H,1-4,10H2. The summed E-state index contributed by atoms with van der Waals surface area (Å²) in [6, 6.07) is -1.37. The molecule has 1 aliphatic heterocycles. The normalized spacial score (nSPS) is 26.8. The first-order valence-electron chi connectivity index (χ1n) is 4.88. The fourth-order valence-corrected chi connectivity index (χ4v) is 1.19. The SMILES string of the molecule is NC1CC(=O)OCC(NCB=O)COC1=O. The van der Waals surface area contributed by atoms with Crippen molar-refractivity contribution in [2.24, 2.45) is 5.73 Å². The Bertz CT molecular complexity index is 286. The van der Waals surface area contributed by atoms with Gasteiger partial charge < -0.3 is 0 Å². The monoisotopic (exact) mass is 228 g/mol. The number of cyclic esters (lactones) is 2. The topological polar surface area (TPSA) is 108 Å². The van der Waals surface area contributed by atoms with E-state index in [0.29, 0.717) is 7.15 Å². The molecule has 1 rings (SSSR count). The molecule has 3 N–H and O–H groups in total. The summed E-state index contributed by atoms with van der Waals surface area (Å²) in [5, 5.41) is 2.76. The van der Waals surface area contributed by atoms with Crippen LogP contribution in [0.2, 0.25) is 0 Å². The van der Waals surface area contributed by atoms with Crippen molar-refractivity contribution in [3.63, 3.8) is 0 Å². The minimum absolute atomic E-state index is 0.0215. The first-order valence-corrected chi connectivity index (χ1v) is 4.88. The Kier molecular flexibility index (Phi) is 5.07. The summed E-state index contributed by atoms with van der Waals surface area (Å²) in [4.78, 5) is 22.4. The molecule has 0 radical (unpaired) electrons. The van der Waals surface area contributed by atoms with Gasteiger partial charge in [-0.3, -0.25) is 0 Å². The van der Waals surface area contributed by atoms with E-state index in [-0.39, 0.29) is 32.1 Å². The molecule has 0 aromatic rings. The van der Waals surface area contributed by atoms with Crippen LogP contribution in [-0.4, -0.2) is 50.8 Å². The van der Waals surface area contributed by atoms with Crippen molar-refractivity contribution in [2.75, 3.05) is 19.7 Å². The Labute approximate surface area is 92.9 Å². The van der Waals surface area contributed by atoms with Crippen LogP contribution < -0.4 is 11.1 Å². The molecule has 0 aliphatic carbocycles. The molecule has 88 valence electrons. The van der Waals surface area contributed by atoms with Crippen LogP contribution in [0.4, 0.5) is 0 Å². The van der Waals surface area contributed by atoms with E-state index in [0.717, 1.165) is 0 Å². The van der Waals surface area contributed by atoms with Crippen molar-refractivity contribution < 1.29 is 23.8 Å². The third-order valence-corrected chi connectivity index (χ3v) is 2.05. The molecule has 8 heteroatoms. The molecule has 2 atom stereocenters. The Morgan fingerprint density at radius 2 is 2.06 bits per heavy atom. The van der Waals surface area contributed by atoms with E-state index >= 15 is 0 Å². The molecule has 0 aromatic heterocycles. The molecule has 0 spiro atoms. The fraction of sp³-hybridized carbons (Fsp3) is 0.750. The Hall–Kier alpha value is -1.28. The van der Waals surface area contributed by atoms with Crippen molar-refractivity contribution in [3.05, 3.63) is 0 Å². The molecule has 16 heavy (non-hydrogen) atoms. The van der Waals surface area contributed by atoms with Gasteiger partial charge in [-0.15, -0.1) is 0 Å². The van der Waals surface area contributed by atoms with E-state index in [1.807, 2.05) is 0 Å². The number of ether oxygens (including phenoxy) is 2. The molecule has 1 heterocycles. The maximum atomic E-state index is 11.2. The third kappa shape index (κ3) is 4.07. The van der Waals surface area contributed by atoms with Crippen LogP contribution >= 0.6 is 0 Å². The van der Waals surface area contributed by atoms with Gasteiger partial charge in [0.2, 0.25) is 0 Å². The molecule has 1 fully saturated rings. The van der Waals surface area contributed by atoms with Gasteiger partial charge in [0.25, 0.3) is 0 Å². The number of hydrogen-bond acceptors (Lipinski definition) is 7. The van der Waals surface area contributed by atoms with Crippen LogP contribution in [-0.2, 0) is 23.8 Å². The number of nitrogens with two attached hydrogens (primary N) is 1. The van der Waals surface area contributed by atoms with Crippen LogP contribution in [0.15, 0.2) is 0 Å². The molecular weight excluding hydrogens is 215 g/mol. The summed E-state index contributed by atoms with van der Waals surface area (Å²) in [5.41, 5.74) is 5.40. The molecule has 0 saturated carbocycles. The van der Waals surface area contributed by atoms with E-state index in [9.17, 15) is 14.3 Å². The predicted octanol–water partition coefficient (Wildman–Crippen LogP) is -2.23. The number of esters is 2. The van der Waals surface area contributed by atoms with Crippen molar-refractivity contribution in [1.29, 1.82) is 0 Å². The van der Waals surface area contributed by atoms with Gasteiger partial charge in [-0.05, 0) is 0 Å². The molecular formula is C8H13BN2O5. The quantitative estimate of drug-likeness (QED) is 0.415. The first-order chi connectivity index (χ1) is 7.63. The molecule has 7 nitrogen and oxygen atoms in total. The minimum atomic E-state index is -0.989. The fourth-order valence-electron chi connectivity index (χ4n) is 1.19. The second kappa shape index (κ2) is 6.34. The van der Waals surface area contributed by atoms with Gasteiger partial charge >= 0.3 is 92.1 Å². The van der Waals surface area contributed by atoms with E-state index in [4.69, 9.17) is 15.2 Å². The zero-order chi connectivity index (χ0) is 12.0. The van der Waals surface area contributed by atoms with Crippen LogP contribution in [0.1, 0.15) is 6.42 Å². The maximum absolute atomic E-state index is 11.2. The third-order valence-electron chi connectivity index (χ3n) is 2.05. The van der Waals surface area contributed by atoms with Crippen molar-refractivity contribution in [2.45, 2.75) is 18.5 Å². The van der Waals surface area contributed by atoms with Gasteiger partial charge in [-0.25, -0.2) is 0 Å². The second-order valence-corrected chi connectivity index (χ2v) is 3.40. The molecule has 1 aliphatic rings. The number of rotatable bonds is 3. The summed E-state index contributed by atoms with van der Waals surface area (Å²) in [6.45, 7) is 0.0698. The van der Waals surface area contributed by atoms with E-state index in [2.05, 4.69) is 5.32 Å². The first kappa shape index (κ1) is 12.8. The summed E-state index contributed by atoms with van der Waals surface area (Å²) in [7, 11) is 0.669. The zero-order valence-electron chi connectivity index (χ0n) is 8.68. The molecule has 0 amide bonds. The van der Waals surface area contributed by atoms with Gasteiger partial charge in [0.05, 0.1) is 0 Å². The van der Waals surface area contributed by atoms with Crippen LogP contribution in [0.5, 0.6) is 0 Å². The second-order valence-electron chi connectivity index (χ2n) is 3.40. The Balaban J connectivity index is 2.54. The summed E-state index contributed by atoms with van der Waals surface area (Å²) < 4.78 is 19.9. The van der Waals surface area contributed by atoms with Crippen molar-refractivity contribution in [3.8, 4) is 0 Å². The van der Waals surface area contributed by atoms with Crippen LogP contribution in [0.25, 0.3) is 0 Å². The van der Waals surface area contributed by atoms with Gasteiger partial charge in [-0.1, -0.05) is 0 Å². The zero-order valence-corrected chi connectivity index (χ0v) is 8.68.